The van der Waals surface area contributed by atoms with E-state index in [-0.39, 0.29) is 15.6 Å². The number of carbonyl (C=O) groups excluding carboxylic acids is 1. The van der Waals surface area contributed by atoms with Crippen LogP contribution in [0.25, 0.3) is 0 Å². The van der Waals surface area contributed by atoms with Gasteiger partial charge >= 0.3 is 0 Å². The molecule has 0 spiro atoms. The Morgan fingerprint density at radius 3 is 2.12 bits per heavy atom. The van der Waals surface area contributed by atoms with E-state index in [1.165, 1.54) is 6.07 Å². The van der Waals surface area contributed by atoms with Crippen molar-refractivity contribution in [3.8, 4) is 0 Å². The van der Waals surface area contributed by atoms with E-state index < -0.39 is 9.84 Å². The minimum absolute atomic E-state index is 0.0458. The largest absolute Gasteiger partial charge is 0.289 e. The summed E-state index contributed by atoms with van der Waals surface area (Å²) in [5.74, 6) is -0.0458. The Morgan fingerprint density at radius 2 is 1.33 bits per heavy atom. The van der Waals surface area contributed by atoms with Gasteiger partial charge in [0.05, 0.1) is 9.79 Å². The Morgan fingerprint density at radius 1 is 0.667 bits per heavy atom. The number of sulfone groups is 1. The van der Waals surface area contributed by atoms with Gasteiger partial charge in [-0.15, -0.1) is 0 Å². The number of benzene rings is 3. The summed E-state index contributed by atoms with van der Waals surface area (Å²) in [6, 6.07) is 20.6. The summed E-state index contributed by atoms with van der Waals surface area (Å²) in [7, 11) is -3.58. The van der Waals surface area contributed by atoms with Crippen LogP contribution in [-0.2, 0) is 16.3 Å². The molecule has 3 aromatic carbocycles. The molecular weight excluding hydrogens is 320 g/mol. The van der Waals surface area contributed by atoms with E-state index in [4.69, 9.17) is 0 Å². The summed E-state index contributed by atoms with van der Waals surface area (Å²) in [4.78, 5) is 13.1. The predicted octanol–water partition coefficient (Wildman–Crippen LogP) is 3.65. The molecule has 4 rings (SSSR count). The fraction of sp³-hybridized carbons (Fsp3) is 0.0500. The van der Waals surface area contributed by atoms with Gasteiger partial charge in [-0.25, -0.2) is 8.42 Å². The fourth-order valence-corrected chi connectivity index (χ4v) is 4.42. The highest BCUT2D eigenvalue weighted by molar-refractivity contribution is 7.91. The monoisotopic (exact) mass is 334 g/mol. The summed E-state index contributed by atoms with van der Waals surface area (Å²) in [6.07, 6.45) is 0.565. The molecule has 0 aliphatic heterocycles. The van der Waals surface area contributed by atoms with E-state index >= 15 is 0 Å². The van der Waals surface area contributed by atoms with E-state index in [0.29, 0.717) is 17.5 Å². The molecule has 1 aliphatic rings. The normalized spacial score (nSPS) is 13.2. The van der Waals surface area contributed by atoms with Crippen molar-refractivity contribution in [2.75, 3.05) is 0 Å². The van der Waals surface area contributed by atoms with Crippen LogP contribution < -0.4 is 0 Å². The number of fused-ring (bicyclic) bond motifs is 2. The van der Waals surface area contributed by atoms with Gasteiger partial charge in [-0.1, -0.05) is 42.5 Å². The third-order valence-corrected chi connectivity index (χ3v) is 6.10. The molecule has 0 amide bonds. The molecular formula is C20H14O3S. The molecule has 4 heteroatoms. The maximum absolute atomic E-state index is 12.8. The Bertz CT molecular complexity index is 1050. The zero-order valence-corrected chi connectivity index (χ0v) is 13.6. The van der Waals surface area contributed by atoms with E-state index in [9.17, 15) is 13.2 Å². The second kappa shape index (κ2) is 5.42. The van der Waals surface area contributed by atoms with Gasteiger partial charge in [-0.05, 0) is 47.9 Å². The van der Waals surface area contributed by atoms with Crippen LogP contribution in [0.3, 0.4) is 0 Å². The lowest BCUT2D eigenvalue weighted by atomic mass is 9.85. The Hall–Kier alpha value is -2.72. The fourth-order valence-electron chi connectivity index (χ4n) is 3.09. The van der Waals surface area contributed by atoms with Gasteiger partial charge in [-0.2, -0.15) is 0 Å². The lowest BCUT2D eigenvalue weighted by molar-refractivity contribution is 0.103. The van der Waals surface area contributed by atoms with Gasteiger partial charge in [0, 0.05) is 11.1 Å². The molecule has 0 N–H and O–H groups in total. The summed E-state index contributed by atoms with van der Waals surface area (Å²) >= 11 is 0. The maximum atomic E-state index is 12.8. The summed E-state index contributed by atoms with van der Waals surface area (Å²) in [5, 5.41) is 0. The Labute approximate surface area is 140 Å². The lowest BCUT2D eigenvalue weighted by Gasteiger charge is -2.19. The molecule has 1 aliphatic carbocycles. The van der Waals surface area contributed by atoms with Crippen molar-refractivity contribution in [3.63, 3.8) is 0 Å². The molecule has 0 bridgehead atoms. The molecule has 0 fully saturated rings. The smallest absolute Gasteiger partial charge is 0.206 e. The molecule has 24 heavy (non-hydrogen) atoms. The zero-order chi connectivity index (χ0) is 16.7. The summed E-state index contributed by atoms with van der Waals surface area (Å²) in [6.45, 7) is 0. The number of hydrogen-bond donors (Lipinski definition) is 0. The minimum Gasteiger partial charge on any atom is -0.289 e. The van der Waals surface area contributed by atoms with Crippen molar-refractivity contribution in [2.24, 2.45) is 0 Å². The van der Waals surface area contributed by atoms with Gasteiger partial charge < -0.3 is 0 Å². The average Bonchev–Trinajstić information content (AvgIpc) is 2.62. The van der Waals surface area contributed by atoms with Crippen molar-refractivity contribution >= 4 is 15.6 Å². The van der Waals surface area contributed by atoms with Gasteiger partial charge in [-0.3, -0.25) is 4.79 Å². The molecule has 0 unspecified atom stereocenters. The number of rotatable bonds is 2. The second-order valence-electron chi connectivity index (χ2n) is 5.80. The maximum Gasteiger partial charge on any atom is 0.206 e. The molecule has 0 atom stereocenters. The highest BCUT2D eigenvalue weighted by atomic mass is 32.2. The average molecular weight is 334 g/mol. The van der Waals surface area contributed by atoms with Crippen LogP contribution in [0.5, 0.6) is 0 Å². The van der Waals surface area contributed by atoms with Gasteiger partial charge in [0.15, 0.2) is 5.78 Å². The number of ketones is 1. The number of carbonyl (C=O) groups is 1. The molecule has 0 radical (unpaired) electrons. The van der Waals surface area contributed by atoms with Crippen molar-refractivity contribution in [2.45, 2.75) is 16.2 Å². The van der Waals surface area contributed by atoms with Crippen molar-refractivity contribution in [3.05, 3.63) is 95.1 Å². The van der Waals surface area contributed by atoms with Crippen LogP contribution in [0.2, 0.25) is 0 Å². The topological polar surface area (TPSA) is 51.2 Å². The quantitative estimate of drug-likeness (QED) is 0.562. The minimum atomic E-state index is -3.58. The summed E-state index contributed by atoms with van der Waals surface area (Å²) < 4.78 is 25.5. The summed E-state index contributed by atoms with van der Waals surface area (Å²) in [5.41, 5.74) is 2.98. The standard InChI is InChI=1S/C20H14O3S/c21-20-18-9-5-4-6-14(18)12-15-13-17(10-11-19(15)20)24(22,23)16-7-2-1-3-8-16/h1-11,13H,12H2. The van der Waals surface area contributed by atoms with Crippen LogP contribution in [0.15, 0.2) is 82.6 Å². The first-order valence-corrected chi connectivity index (χ1v) is 9.11. The molecule has 3 aromatic rings. The van der Waals surface area contributed by atoms with Crippen molar-refractivity contribution in [1.29, 1.82) is 0 Å². The van der Waals surface area contributed by atoms with Gasteiger partial charge in [0.25, 0.3) is 0 Å². The molecule has 0 aromatic heterocycles. The number of hydrogen-bond acceptors (Lipinski definition) is 3. The highest BCUT2D eigenvalue weighted by Gasteiger charge is 2.25. The first kappa shape index (κ1) is 14.8. The van der Waals surface area contributed by atoms with Crippen molar-refractivity contribution < 1.29 is 13.2 Å². The first-order chi connectivity index (χ1) is 11.6. The Kier molecular flexibility index (Phi) is 3.36. The lowest BCUT2D eigenvalue weighted by Crippen LogP contribution is -2.15. The van der Waals surface area contributed by atoms with Gasteiger partial charge in [0.2, 0.25) is 9.84 Å². The second-order valence-corrected chi connectivity index (χ2v) is 7.75. The van der Waals surface area contributed by atoms with Crippen LogP contribution in [-0.4, -0.2) is 14.2 Å². The van der Waals surface area contributed by atoms with Crippen LogP contribution in [0.4, 0.5) is 0 Å². The third kappa shape index (κ3) is 2.27. The van der Waals surface area contributed by atoms with E-state index in [1.807, 2.05) is 24.3 Å². The predicted molar refractivity (Wildman–Crippen MR) is 91.0 cm³/mol. The van der Waals surface area contributed by atoms with E-state index in [0.717, 1.165) is 11.1 Å². The SMILES string of the molecule is O=C1c2ccccc2Cc2cc(S(=O)(=O)c3ccccc3)ccc21. The molecule has 0 saturated heterocycles. The molecule has 0 heterocycles. The van der Waals surface area contributed by atoms with Crippen LogP contribution in [0.1, 0.15) is 27.0 Å². The molecule has 3 nitrogen and oxygen atoms in total. The first-order valence-electron chi connectivity index (χ1n) is 7.63. The van der Waals surface area contributed by atoms with E-state index in [2.05, 4.69) is 0 Å². The van der Waals surface area contributed by atoms with E-state index in [1.54, 1.807) is 42.5 Å². The van der Waals surface area contributed by atoms with Crippen LogP contribution in [0, 0.1) is 0 Å². The zero-order valence-electron chi connectivity index (χ0n) is 12.8. The third-order valence-electron chi connectivity index (χ3n) is 4.33. The van der Waals surface area contributed by atoms with Crippen molar-refractivity contribution in [1.82, 2.24) is 0 Å². The molecule has 0 saturated carbocycles. The molecule has 118 valence electrons. The van der Waals surface area contributed by atoms with Gasteiger partial charge in [0.1, 0.15) is 0 Å². The highest BCUT2D eigenvalue weighted by Crippen LogP contribution is 2.30. The van der Waals surface area contributed by atoms with Crippen LogP contribution >= 0.6 is 0 Å². The Balaban J connectivity index is 1.83.